The van der Waals surface area contributed by atoms with Gasteiger partial charge in [0.15, 0.2) is 0 Å². The summed E-state index contributed by atoms with van der Waals surface area (Å²) in [5.74, 6) is 1.66. The maximum Gasteiger partial charge on any atom is 0.119 e. The van der Waals surface area contributed by atoms with Crippen LogP contribution >= 0.6 is 0 Å². The molecule has 0 N–H and O–H groups in total. The molecule has 0 saturated heterocycles. The van der Waals surface area contributed by atoms with Gasteiger partial charge in [0, 0.05) is 7.11 Å². The van der Waals surface area contributed by atoms with E-state index in [1.165, 1.54) is 35.1 Å². The summed E-state index contributed by atoms with van der Waals surface area (Å²) in [7, 11) is 3.49. The minimum absolute atomic E-state index is 0.0821. The van der Waals surface area contributed by atoms with Crippen molar-refractivity contribution in [2.75, 3.05) is 14.2 Å². The first kappa shape index (κ1) is 42.0. The van der Waals surface area contributed by atoms with E-state index in [-0.39, 0.29) is 5.60 Å². The first-order valence-electron chi connectivity index (χ1n) is 16.2. The van der Waals surface area contributed by atoms with E-state index in [9.17, 15) is 0 Å². The summed E-state index contributed by atoms with van der Waals surface area (Å²) in [6, 6.07) is 29.3. The van der Waals surface area contributed by atoms with Gasteiger partial charge in [-0.1, -0.05) is 151 Å². The van der Waals surface area contributed by atoms with Crippen LogP contribution < -0.4 is 4.74 Å². The standard InChI is InChI=1S/C12H18O.C11H16O.C9H12.C7H12.C2H6/c1-4-12(5-2,13-3)11-9-7-6-8-10-11;1-9(2)7-10-5-4-6-11(8-10)12-3;1-2-6-9-7-4-3-5-8-9;1-4-5-6-7(2)3;1-2/h6-10H,4-5H2,1-3H3;4-6,8-9H,7H2,1-3H3;3-5,7-8H,2,6H2,1H3;4-6H,1-3H3;1-2H3/b;;;5-4-;. The Labute approximate surface area is 267 Å². The Bertz CT molecular complexity index is 1050. The first-order chi connectivity index (χ1) is 20.7. The second kappa shape index (κ2) is 27.7. The Kier molecular flexibility index (Phi) is 27.1. The van der Waals surface area contributed by atoms with Gasteiger partial charge in [0.2, 0.25) is 0 Å². The molecule has 0 aliphatic rings. The summed E-state index contributed by atoms with van der Waals surface area (Å²) in [5, 5.41) is 0. The van der Waals surface area contributed by atoms with Crippen LogP contribution in [0.4, 0.5) is 0 Å². The molecule has 0 spiro atoms. The molecule has 3 aromatic rings. The highest BCUT2D eigenvalue weighted by Crippen LogP contribution is 2.31. The van der Waals surface area contributed by atoms with Crippen molar-refractivity contribution in [3.63, 3.8) is 0 Å². The third kappa shape index (κ3) is 20.4. The number of methoxy groups -OCH3 is 2. The van der Waals surface area contributed by atoms with Crippen molar-refractivity contribution in [3.05, 3.63) is 125 Å². The molecular weight excluding hydrogens is 524 g/mol. The lowest BCUT2D eigenvalue weighted by molar-refractivity contribution is -0.0217. The van der Waals surface area contributed by atoms with Crippen LogP contribution in [0.2, 0.25) is 0 Å². The van der Waals surface area contributed by atoms with Gasteiger partial charge in [-0.05, 0) is 81.2 Å². The highest BCUT2D eigenvalue weighted by molar-refractivity contribution is 5.28. The molecule has 0 unspecified atom stereocenters. The predicted octanol–water partition coefficient (Wildman–Crippen LogP) is 12.4. The average molecular weight is 589 g/mol. The predicted molar refractivity (Wildman–Crippen MR) is 193 cm³/mol. The molecule has 43 heavy (non-hydrogen) atoms. The number of rotatable bonds is 10. The van der Waals surface area contributed by atoms with Crippen LogP contribution in [0.15, 0.2) is 109 Å². The third-order valence-electron chi connectivity index (χ3n) is 6.61. The van der Waals surface area contributed by atoms with Crippen molar-refractivity contribution in [1.29, 1.82) is 0 Å². The number of aryl methyl sites for hydroxylation is 1. The molecule has 0 saturated carbocycles. The summed E-state index contributed by atoms with van der Waals surface area (Å²) in [6.45, 7) is 21.2. The third-order valence-corrected chi connectivity index (χ3v) is 6.61. The van der Waals surface area contributed by atoms with Crippen molar-refractivity contribution in [2.24, 2.45) is 5.92 Å². The van der Waals surface area contributed by atoms with E-state index in [2.05, 4.69) is 121 Å². The van der Waals surface area contributed by atoms with Crippen LogP contribution in [0.3, 0.4) is 0 Å². The summed E-state index contributed by atoms with van der Waals surface area (Å²) in [4.78, 5) is 0. The number of hydrogen-bond acceptors (Lipinski definition) is 2. The van der Waals surface area contributed by atoms with Gasteiger partial charge >= 0.3 is 0 Å². The normalized spacial score (nSPS) is 10.1. The summed E-state index contributed by atoms with van der Waals surface area (Å²) < 4.78 is 10.8. The lowest BCUT2D eigenvalue weighted by atomic mass is 9.88. The molecule has 0 fully saturated rings. The monoisotopic (exact) mass is 588 g/mol. The number of allylic oxidation sites excluding steroid dienone is 4. The average Bonchev–Trinajstić information content (AvgIpc) is 3.04. The fourth-order valence-electron chi connectivity index (χ4n) is 4.30. The Hall–Kier alpha value is -3.10. The Morgan fingerprint density at radius 3 is 1.70 bits per heavy atom. The SMILES string of the molecule is C/C=C\C=C(C)C.CC.CCC(CC)(OC)c1ccccc1.CCCc1ccccc1.COc1cccc(CC(C)C)c1. The minimum Gasteiger partial charge on any atom is -0.497 e. The Morgan fingerprint density at radius 2 is 1.30 bits per heavy atom. The Morgan fingerprint density at radius 1 is 0.767 bits per heavy atom. The fourth-order valence-corrected chi connectivity index (χ4v) is 4.30. The molecule has 0 radical (unpaired) electrons. The van der Waals surface area contributed by atoms with Crippen molar-refractivity contribution in [3.8, 4) is 5.75 Å². The van der Waals surface area contributed by atoms with Gasteiger partial charge in [0.1, 0.15) is 5.75 Å². The van der Waals surface area contributed by atoms with Gasteiger partial charge in [-0.15, -0.1) is 0 Å². The molecule has 0 aliphatic carbocycles. The van der Waals surface area contributed by atoms with Gasteiger partial charge in [0.05, 0.1) is 12.7 Å². The molecule has 2 nitrogen and oxygen atoms in total. The largest absolute Gasteiger partial charge is 0.497 e. The molecule has 0 aromatic heterocycles. The second-order valence-corrected chi connectivity index (χ2v) is 10.7. The number of ether oxygens (including phenoxy) is 2. The van der Waals surface area contributed by atoms with E-state index in [0.717, 1.165) is 25.0 Å². The van der Waals surface area contributed by atoms with Crippen molar-refractivity contribution < 1.29 is 9.47 Å². The smallest absolute Gasteiger partial charge is 0.119 e. The second-order valence-electron chi connectivity index (χ2n) is 10.7. The van der Waals surface area contributed by atoms with Gasteiger partial charge < -0.3 is 9.47 Å². The molecule has 240 valence electrons. The van der Waals surface area contributed by atoms with Gasteiger partial charge in [-0.25, -0.2) is 0 Å². The van der Waals surface area contributed by atoms with E-state index in [1.807, 2.05) is 51.1 Å². The van der Waals surface area contributed by atoms with Crippen LogP contribution in [0.5, 0.6) is 5.75 Å². The molecule has 0 heterocycles. The molecule has 3 rings (SSSR count). The van der Waals surface area contributed by atoms with E-state index in [1.54, 1.807) is 14.2 Å². The number of benzene rings is 3. The highest BCUT2D eigenvalue weighted by atomic mass is 16.5. The van der Waals surface area contributed by atoms with E-state index in [0.29, 0.717) is 5.92 Å². The molecule has 0 bridgehead atoms. The summed E-state index contributed by atoms with van der Waals surface area (Å²) >= 11 is 0. The minimum atomic E-state index is -0.0821. The maximum atomic E-state index is 5.62. The quantitative estimate of drug-likeness (QED) is 0.219. The molecular formula is C41H64O2. The summed E-state index contributed by atoms with van der Waals surface area (Å²) in [6.07, 6.45) is 11.7. The van der Waals surface area contributed by atoms with Crippen LogP contribution in [0.25, 0.3) is 0 Å². The van der Waals surface area contributed by atoms with Crippen LogP contribution in [-0.4, -0.2) is 14.2 Å². The topological polar surface area (TPSA) is 18.5 Å². The van der Waals surface area contributed by atoms with E-state index < -0.39 is 0 Å². The summed E-state index contributed by atoms with van der Waals surface area (Å²) in [5.41, 5.74) is 5.34. The first-order valence-corrected chi connectivity index (χ1v) is 16.2. The zero-order chi connectivity index (χ0) is 32.9. The molecule has 0 aliphatic heterocycles. The van der Waals surface area contributed by atoms with Crippen molar-refractivity contribution in [1.82, 2.24) is 0 Å². The van der Waals surface area contributed by atoms with E-state index >= 15 is 0 Å². The highest BCUT2D eigenvalue weighted by Gasteiger charge is 2.27. The molecule has 3 aromatic carbocycles. The van der Waals surface area contributed by atoms with Crippen molar-refractivity contribution >= 4 is 0 Å². The lowest BCUT2D eigenvalue weighted by Crippen LogP contribution is -2.26. The van der Waals surface area contributed by atoms with E-state index in [4.69, 9.17) is 9.47 Å². The fraction of sp³-hybridized carbons (Fsp3) is 0.463. The Balaban J connectivity index is 0. The maximum absolute atomic E-state index is 5.62. The lowest BCUT2D eigenvalue weighted by Gasteiger charge is -2.30. The van der Waals surface area contributed by atoms with Crippen LogP contribution in [0, 0.1) is 5.92 Å². The molecule has 0 amide bonds. The zero-order valence-corrected chi connectivity index (χ0v) is 29.7. The number of hydrogen-bond donors (Lipinski definition) is 0. The van der Waals surface area contributed by atoms with Gasteiger partial charge in [0.25, 0.3) is 0 Å². The van der Waals surface area contributed by atoms with Crippen molar-refractivity contribution in [2.45, 2.75) is 107 Å². The zero-order valence-electron chi connectivity index (χ0n) is 29.7. The van der Waals surface area contributed by atoms with Crippen LogP contribution in [-0.2, 0) is 23.2 Å². The molecule has 0 atom stereocenters. The van der Waals surface area contributed by atoms with Crippen LogP contribution in [0.1, 0.15) is 105 Å². The van der Waals surface area contributed by atoms with Gasteiger partial charge in [-0.3, -0.25) is 0 Å². The van der Waals surface area contributed by atoms with Gasteiger partial charge in [-0.2, -0.15) is 0 Å². The molecule has 2 heteroatoms.